The highest BCUT2D eigenvalue weighted by Crippen LogP contribution is 2.25. The minimum absolute atomic E-state index is 0.267. The lowest BCUT2D eigenvalue weighted by atomic mass is 10.4. The second-order valence-electron chi connectivity index (χ2n) is 2.49. The monoisotopic (exact) mass is 193 g/mol. The molecule has 0 saturated carbocycles. The van der Waals surface area contributed by atoms with Crippen LogP contribution in [0.3, 0.4) is 0 Å². The van der Waals surface area contributed by atoms with Crippen LogP contribution in [0.15, 0.2) is 28.2 Å². The molecule has 2 heterocycles. The number of amidine groups is 1. The fourth-order valence-corrected chi connectivity index (χ4v) is 1.67. The van der Waals surface area contributed by atoms with E-state index in [0.717, 1.165) is 5.69 Å². The number of nitrogens with zero attached hydrogens (tertiary/aromatic N) is 1. The number of nitrogens with one attached hydrogen (secondary N) is 1. The first kappa shape index (κ1) is 8.12. The van der Waals surface area contributed by atoms with E-state index in [2.05, 4.69) is 9.98 Å². The maximum absolute atomic E-state index is 11.1. The minimum atomic E-state index is -0.267. The molecule has 3 N–H and O–H groups in total. The van der Waals surface area contributed by atoms with E-state index in [9.17, 15) is 4.79 Å². The van der Waals surface area contributed by atoms with Crippen LogP contribution < -0.4 is 5.73 Å². The molecular weight excluding hydrogens is 186 g/mol. The summed E-state index contributed by atoms with van der Waals surface area (Å²) in [4.78, 5) is 18.2. The summed E-state index contributed by atoms with van der Waals surface area (Å²) < 4.78 is 0. The molecule has 0 atom stereocenters. The Morgan fingerprint density at radius 1 is 1.62 bits per heavy atom. The quantitative estimate of drug-likeness (QED) is 0.652. The van der Waals surface area contributed by atoms with Crippen LogP contribution in [0.25, 0.3) is 6.08 Å². The fraction of sp³-hybridized carbons (Fsp3) is 0. The number of nitrogens with two attached hydrogens (primary N) is 1. The van der Waals surface area contributed by atoms with Crippen molar-refractivity contribution in [1.82, 2.24) is 4.98 Å². The average molecular weight is 193 g/mol. The lowest BCUT2D eigenvalue weighted by Crippen LogP contribution is -2.01. The number of H-pyrrole nitrogens is 1. The summed E-state index contributed by atoms with van der Waals surface area (Å²) in [6.07, 6.45) is 3.52. The number of aromatic nitrogens is 1. The highest BCUT2D eigenvalue weighted by Gasteiger charge is 2.19. The second-order valence-corrected chi connectivity index (χ2v) is 3.55. The first-order valence-corrected chi connectivity index (χ1v) is 4.49. The largest absolute Gasteiger partial charge is 0.378 e. The van der Waals surface area contributed by atoms with Crippen LogP contribution in [-0.2, 0) is 4.79 Å². The van der Waals surface area contributed by atoms with Crippen molar-refractivity contribution in [3.63, 3.8) is 0 Å². The molecule has 13 heavy (non-hydrogen) atoms. The Morgan fingerprint density at radius 3 is 3.00 bits per heavy atom. The molecule has 0 saturated heterocycles. The van der Waals surface area contributed by atoms with E-state index in [0.29, 0.717) is 10.1 Å². The van der Waals surface area contributed by atoms with Gasteiger partial charge >= 0.3 is 0 Å². The van der Waals surface area contributed by atoms with E-state index in [1.807, 2.05) is 12.1 Å². The molecule has 1 amide bonds. The molecular formula is C8H7N3OS. The van der Waals surface area contributed by atoms with Crippen LogP contribution in [0.5, 0.6) is 0 Å². The van der Waals surface area contributed by atoms with Crippen molar-refractivity contribution in [2.45, 2.75) is 0 Å². The van der Waals surface area contributed by atoms with Gasteiger partial charge in [0.25, 0.3) is 5.91 Å². The van der Waals surface area contributed by atoms with Gasteiger partial charge in [-0.25, -0.2) is 0 Å². The third-order valence-electron chi connectivity index (χ3n) is 1.55. The van der Waals surface area contributed by atoms with E-state index in [-0.39, 0.29) is 5.91 Å². The van der Waals surface area contributed by atoms with Gasteiger partial charge in [0.2, 0.25) is 0 Å². The van der Waals surface area contributed by atoms with Crippen LogP contribution in [-0.4, -0.2) is 16.1 Å². The lowest BCUT2D eigenvalue weighted by molar-refractivity contribution is -0.113. The van der Waals surface area contributed by atoms with E-state index in [4.69, 9.17) is 5.73 Å². The van der Waals surface area contributed by atoms with Crippen LogP contribution >= 0.6 is 11.8 Å². The molecule has 0 aromatic carbocycles. The topological polar surface area (TPSA) is 71.2 Å². The smallest absolute Gasteiger partial charge is 0.286 e. The van der Waals surface area contributed by atoms with Crippen molar-refractivity contribution in [3.8, 4) is 0 Å². The number of amides is 1. The molecule has 4 nitrogen and oxygen atoms in total. The molecule has 66 valence electrons. The standard InChI is InChI=1S/C8H7N3OS/c9-8-11-7(12)6(13-8)4-5-2-1-3-10-5/h1-4,10H,(H2,9,11,12)/b6-4-. The summed E-state index contributed by atoms with van der Waals surface area (Å²) in [5.74, 6) is -0.267. The van der Waals surface area contributed by atoms with Gasteiger partial charge in [-0.1, -0.05) is 0 Å². The zero-order chi connectivity index (χ0) is 9.26. The van der Waals surface area contributed by atoms with Crippen LogP contribution in [0, 0.1) is 0 Å². The van der Waals surface area contributed by atoms with Crippen molar-refractivity contribution in [3.05, 3.63) is 28.9 Å². The highest BCUT2D eigenvalue weighted by molar-refractivity contribution is 8.18. The van der Waals surface area contributed by atoms with Crippen molar-refractivity contribution >= 4 is 28.9 Å². The van der Waals surface area contributed by atoms with Crippen LogP contribution in [0.1, 0.15) is 5.69 Å². The SMILES string of the molecule is NC1=NC(=O)/C(=C/c2ccc[nH]2)S1. The molecule has 2 rings (SSSR count). The van der Waals surface area contributed by atoms with Gasteiger partial charge in [-0.2, -0.15) is 4.99 Å². The molecule has 1 aliphatic rings. The summed E-state index contributed by atoms with van der Waals surface area (Å²) in [5, 5.41) is 0.308. The lowest BCUT2D eigenvalue weighted by Gasteiger charge is -1.90. The van der Waals surface area contributed by atoms with Gasteiger partial charge in [-0.3, -0.25) is 4.79 Å². The molecule has 0 unspecified atom stereocenters. The zero-order valence-electron chi connectivity index (χ0n) is 6.65. The van der Waals surface area contributed by atoms with Gasteiger partial charge in [-0.15, -0.1) is 0 Å². The number of rotatable bonds is 1. The summed E-state index contributed by atoms with van der Waals surface area (Å²) in [7, 11) is 0. The number of aliphatic imine (C=N–C) groups is 1. The molecule has 0 radical (unpaired) electrons. The molecule has 1 aliphatic heterocycles. The summed E-state index contributed by atoms with van der Waals surface area (Å²) in [6.45, 7) is 0. The normalized spacial score (nSPS) is 19.5. The first-order chi connectivity index (χ1) is 6.25. The molecule has 1 aromatic heterocycles. The van der Waals surface area contributed by atoms with Gasteiger partial charge in [0.05, 0.1) is 4.91 Å². The Labute approximate surface area is 78.9 Å². The van der Waals surface area contributed by atoms with Crippen molar-refractivity contribution < 1.29 is 4.79 Å². The zero-order valence-corrected chi connectivity index (χ0v) is 7.47. The van der Waals surface area contributed by atoms with E-state index >= 15 is 0 Å². The Morgan fingerprint density at radius 2 is 2.46 bits per heavy atom. The third-order valence-corrected chi connectivity index (χ3v) is 2.36. The van der Waals surface area contributed by atoms with Gasteiger partial charge < -0.3 is 10.7 Å². The molecule has 0 spiro atoms. The van der Waals surface area contributed by atoms with Crippen molar-refractivity contribution in [2.24, 2.45) is 10.7 Å². The van der Waals surface area contributed by atoms with Crippen LogP contribution in [0.4, 0.5) is 0 Å². The minimum Gasteiger partial charge on any atom is -0.378 e. The van der Waals surface area contributed by atoms with E-state index in [1.54, 1.807) is 12.3 Å². The van der Waals surface area contributed by atoms with Crippen molar-refractivity contribution in [2.75, 3.05) is 0 Å². The molecule has 0 aliphatic carbocycles. The number of hydrogen-bond acceptors (Lipinski definition) is 3. The van der Waals surface area contributed by atoms with E-state index in [1.165, 1.54) is 11.8 Å². The number of carbonyl (C=O) groups excluding carboxylic acids is 1. The predicted molar refractivity (Wildman–Crippen MR) is 53.0 cm³/mol. The Kier molecular flexibility index (Phi) is 1.94. The number of aromatic amines is 1. The number of carbonyl (C=O) groups is 1. The maximum atomic E-state index is 11.1. The number of thioether (sulfide) groups is 1. The molecule has 1 aromatic rings. The predicted octanol–water partition coefficient (Wildman–Crippen LogP) is 0.944. The summed E-state index contributed by atoms with van der Waals surface area (Å²) >= 11 is 1.19. The van der Waals surface area contributed by atoms with Gasteiger partial charge in [0.1, 0.15) is 0 Å². The Bertz CT molecular complexity index is 392. The molecule has 5 heteroatoms. The summed E-state index contributed by atoms with van der Waals surface area (Å²) in [5.41, 5.74) is 6.26. The highest BCUT2D eigenvalue weighted by atomic mass is 32.2. The fourth-order valence-electron chi connectivity index (χ4n) is 1.00. The summed E-state index contributed by atoms with van der Waals surface area (Å²) in [6, 6.07) is 3.73. The Balaban J connectivity index is 2.25. The van der Waals surface area contributed by atoms with Crippen molar-refractivity contribution in [1.29, 1.82) is 0 Å². The average Bonchev–Trinajstić information content (AvgIpc) is 2.63. The maximum Gasteiger partial charge on any atom is 0.286 e. The van der Waals surface area contributed by atoms with E-state index < -0.39 is 0 Å². The van der Waals surface area contributed by atoms with Crippen LogP contribution in [0.2, 0.25) is 0 Å². The van der Waals surface area contributed by atoms with Gasteiger partial charge in [0.15, 0.2) is 5.17 Å². The van der Waals surface area contributed by atoms with Gasteiger partial charge in [-0.05, 0) is 30.0 Å². The second kappa shape index (κ2) is 3.10. The van der Waals surface area contributed by atoms with Gasteiger partial charge in [0, 0.05) is 11.9 Å². The molecule has 0 bridgehead atoms. The molecule has 0 fully saturated rings. The first-order valence-electron chi connectivity index (χ1n) is 3.67. The number of hydrogen-bond donors (Lipinski definition) is 2. The Hall–Kier alpha value is -1.49. The third kappa shape index (κ3) is 1.65.